The quantitative estimate of drug-likeness (QED) is 0.337. The summed E-state index contributed by atoms with van der Waals surface area (Å²) in [5, 5.41) is 4.70. The van der Waals surface area contributed by atoms with Gasteiger partial charge in [-0.2, -0.15) is 0 Å². The van der Waals surface area contributed by atoms with Crippen molar-refractivity contribution in [3.05, 3.63) is 71.3 Å². The van der Waals surface area contributed by atoms with Crippen LogP contribution in [-0.2, 0) is 19.4 Å². The molecular formula is C29H31NO4. The summed E-state index contributed by atoms with van der Waals surface area (Å²) in [7, 11) is 6.74. The topological polar surface area (TPSA) is 40.2 Å². The van der Waals surface area contributed by atoms with Crippen molar-refractivity contribution in [3.63, 3.8) is 0 Å². The molecule has 0 N–H and O–H groups in total. The molecule has 0 aromatic heterocycles. The largest absolute Gasteiger partial charge is 0.493 e. The number of rotatable bonds is 7. The van der Waals surface area contributed by atoms with Gasteiger partial charge < -0.3 is 18.9 Å². The Labute approximate surface area is 200 Å². The van der Waals surface area contributed by atoms with Crippen LogP contribution in [0.1, 0.15) is 16.7 Å². The minimum atomic E-state index is 0.725. The van der Waals surface area contributed by atoms with Crippen molar-refractivity contribution in [2.24, 2.45) is 0 Å². The summed E-state index contributed by atoms with van der Waals surface area (Å²) in [5.41, 5.74) is 4.11. The molecule has 0 radical (unpaired) electrons. The Morgan fingerprint density at radius 3 is 1.68 bits per heavy atom. The van der Waals surface area contributed by atoms with Gasteiger partial charge in [-0.1, -0.05) is 30.3 Å². The molecular weight excluding hydrogens is 426 g/mol. The van der Waals surface area contributed by atoms with Gasteiger partial charge in [0.1, 0.15) is 0 Å². The van der Waals surface area contributed by atoms with E-state index in [1.807, 2.05) is 0 Å². The zero-order chi connectivity index (χ0) is 23.7. The smallest absolute Gasteiger partial charge is 0.161 e. The molecule has 5 nitrogen and oxygen atoms in total. The van der Waals surface area contributed by atoms with Gasteiger partial charge in [-0.3, -0.25) is 4.90 Å². The van der Waals surface area contributed by atoms with E-state index >= 15 is 0 Å². The minimum Gasteiger partial charge on any atom is -0.493 e. The number of hydrogen-bond donors (Lipinski definition) is 0. The summed E-state index contributed by atoms with van der Waals surface area (Å²) in [6.07, 6.45) is 2.03. The fraction of sp³-hybridized carbons (Fsp3) is 0.310. The van der Waals surface area contributed by atoms with E-state index in [4.69, 9.17) is 18.9 Å². The number of ether oxygens (including phenoxy) is 4. The highest BCUT2D eigenvalue weighted by Crippen LogP contribution is 2.44. The maximum atomic E-state index is 5.68. The van der Waals surface area contributed by atoms with Crippen LogP contribution < -0.4 is 18.9 Å². The zero-order valence-corrected chi connectivity index (χ0v) is 20.3. The molecule has 0 unspecified atom stereocenters. The molecule has 0 bridgehead atoms. The van der Waals surface area contributed by atoms with E-state index < -0.39 is 0 Å². The van der Waals surface area contributed by atoms with Crippen LogP contribution in [0.15, 0.2) is 54.6 Å². The maximum Gasteiger partial charge on any atom is 0.161 e. The Morgan fingerprint density at radius 1 is 0.647 bits per heavy atom. The Morgan fingerprint density at radius 2 is 1.15 bits per heavy atom. The van der Waals surface area contributed by atoms with Crippen LogP contribution in [0.3, 0.4) is 0 Å². The van der Waals surface area contributed by atoms with Crippen molar-refractivity contribution in [2.45, 2.75) is 19.4 Å². The minimum absolute atomic E-state index is 0.725. The first-order valence-electron chi connectivity index (χ1n) is 11.7. The molecule has 4 aromatic carbocycles. The van der Waals surface area contributed by atoms with Crippen molar-refractivity contribution in [2.75, 3.05) is 41.5 Å². The summed E-state index contributed by atoms with van der Waals surface area (Å²) in [6.45, 7) is 2.96. The summed E-state index contributed by atoms with van der Waals surface area (Å²) in [6, 6.07) is 19.1. The van der Waals surface area contributed by atoms with Gasteiger partial charge in [-0.15, -0.1) is 0 Å². The second-order valence-electron chi connectivity index (χ2n) is 8.72. The Kier molecular flexibility index (Phi) is 6.20. The molecule has 0 spiro atoms. The van der Waals surface area contributed by atoms with Crippen LogP contribution in [0, 0.1) is 0 Å². The highest BCUT2D eigenvalue weighted by Gasteiger charge is 2.24. The van der Waals surface area contributed by atoms with Gasteiger partial charge in [0.2, 0.25) is 0 Å². The number of hydrogen-bond acceptors (Lipinski definition) is 5. The van der Waals surface area contributed by atoms with Crippen LogP contribution in [0.2, 0.25) is 0 Å². The fourth-order valence-electron chi connectivity index (χ4n) is 5.19. The highest BCUT2D eigenvalue weighted by atomic mass is 16.5. The van der Waals surface area contributed by atoms with E-state index in [0.29, 0.717) is 0 Å². The summed E-state index contributed by atoms with van der Waals surface area (Å²) >= 11 is 0. The lowest BCUT2D eigenvalue weighted by atomic mass is 9.87. The molecule has 0 atom stereocenters. The lowest BCUT2D eigenvalue weighted by molar-refractivity contribution is 0.259. The van der Waals surface area contributed by atoms with E-state index in [9.17, 15) is 0 Å². The van der Waals surface area contributed by atoms with E-state index in [1.54, 1.807) is 28.4 Å². The van der Waals surface area contributed by atoms with Crippen molar-refractivity contribution < 1.29 is 18.9 Å². The molecule has 4 aromatic rings. The van der Waals surface area contributed by atoms with Gasteiger partial charge in [-0.25, -0.2) is 0 Å². The van der Waals surface area contributed by atoms with E-state index in [-0.39, 0.29) is 0 Å². The third kappa shape index (κ3) is 3.90. The van der Waals surface area contributed by atoms with Crippen molar-refractivity contribution in [3.8, 4) is 23.0 Å². The molecule has 5 rings (SSSR count). The molecule has 0 saturated carbocycles. The zero-order valence-electron chi connectivity index (χ0n) is 20.3. The van der Waals surface area contributed by atoms with Crippen LogP contribution in [0.25, 0.3) is 21.5 Å². The maximum absolute atomic E-state index is 5.68. The van der Waals surface area contributed by atoms with Crippen molar-refractivity contribution in [1.29, 1.82) is 0 Å². The molecule has 0 fully saturated rings. The molecule has 5 heteroatoms. The lowest BCUT2D eigenvalue weighted by Gasteiger charge is -2.31. The van der Waals surface area contributed by atoms with Crippen LogP contribution in [0.4, 0.5) is 0 Å². The molecule has 0 saturated heterocycles. The molecule has 0 amide bonds. The highest BCUT2D eigenvalue weighted by molar-refractivity contribution is 6.12. The van der Waals surface area contributed by atoms with Crippen LogP contribution in [0.5, 0.6) is 23.0 Å². The first-order valence-corrected chi connectivity index (χ1v) is 11.7. The van der Waals surface area contributed by atoms with Crippen molar-refractivity contribution >= 4 is 21.5 Å². The van der Waals surface area contributed by atoms with Gasteiger partial charge in [0.15, 0.2) is 23.0 Å². The van der Waals surface area contributed by atoms with Crippen LogP contribution in [-0.4, -0.2) is 46.4 Å². The van der Waals surface area contributed by atoms with Gasteiger partial charge >= 0.3 is 0 Å². The lowest BCUT2D eigenvalue weighted by Crippen LogP contribution is -2.32. The van der Waals surface area contributed by atoms with Crippen molar-refractivity contribution in [1.82, 2.24) is 4.90 Å². The standard InChI is InChI=1S/C29H31NO4/c1-31-26-14-21-20-11-13-30(12-10-19-8-6-5-7-9-19)18-25(20)24-17-29(34-4)28(33-3)16-23(24)22(21)15-27(26)32-2/h5-9,14-17H,10-13,18H2,1-4H3. The van der Waals surface area contributed by atoms with Gasteiger partial charge in [-0.05, 0) is 75.3 Å². The molecule has 176 valence electrons. The Balaban J connectivity index is 1.66. The predicted molar refractivity (Wildman–Crippen MR) is 137 cm³/mol. The van der Waals surface area contributed by atoms with Gasteiger partial charge in [0.25, 0.3) is 0 Å². The molecule has 34 heavy (non-hydrogen) atoms. The summed E-state index contributed by atoms with van der Waals surface area (Å²) in [5.74, 6) is 2.95. The van der Waals surface area contributed by atoms with Gasteiger partial charge in [0, 0.05) is 19.6 Å². The third-order valence-corrected chi connectivity index (χ3v) is 6.97. The average Bonchev–Trinajstić information content (AvgIpc) is 2.90. The first kappa shape index (κ1) is 22.4. The summed E-state index contributed by atoms with van der Waals surface area (Å²) in [4.78, 5) is 2.55. The van der Waals surface area contributed by atoms with E-state index in [1.165, 1.54) is 27.5 Å². The Hall–Kier alpha value is -3.44. The Bertz CT molecular complexity index is 1330. The molecule has 1 aliphatic heterocycles. The SMILES string of the molecule is COc1cc2c3c(c4cc(OC)c(OC)cc4c2cc1OC)CN(CCc1ccccc1)CC3. The molecule has 0 aliphatic carbocycles. The monoisotopic (exact) mass is 457 g/mol. The number of nitrogens with zero attached hydrogens (tertiary/aromatic N) is 1. The van der Waals surface area contributed by atoms with Gasteiger partial charge in [0.05, 0.1) is 28.4 Å². The van der Waals surface area contributed by atoms with Crippen LogP contribution >= 0.6 is 0 Å². The molecule has 1 heterocycles. The normalized spacial score (nSPS) is 13.6. The fourth-order valence-corrected chi connectivity index (χ4v) is 5.19. The number of fused-ring (bicyclic) bond motifs is 6. The second-order valence-corrected chi connectivity index (χ2v) is 8.72. The first-order chi connectivity index (χ1) is 16.7. The van der Waals surface area contributed by atoms with E-state index in [0.717, 1.165) is 66.2 Å². The third-order valence-electron chi connectivity index (χ3n) is 6.97. The molecule has 1 aliphatic rings. The average molecular weight is 458 g/mol. The number of benzene rings is 4. The summed E-state index contributed by atoms with van der Waals surface area (Å²) < 4.78 is 22.6. The predicted octanol–water partition coefficient (Wildman–Crippen LogP) is 5.63. The second kappa shape index (κ2) is 9.43. The number of methoxy groups -OCH3 is 4. The van der Waals surface area contributed by atoms with E-state index in [2.05, 4.69) is 59.5 Å².